The Hall–Kier alpha value is -2.77. The van der Waals surface area contributed by atoms with Crippen LogP contribution in [0.1, 0.15) is 11.1 Å². The summed E-state index contributed by atoms with van der Waals surface area (Å²) in [5.74, 6) is -0.110. The Kier molecular flexibility index (Phi) is 7.25. The van der Waals surface area contributed by atoms with Crippen molar-refractivity contribution in [3.63, 3.8) is 0 Å². The van der Waals surface area contributed by atoms with Gasteiger partial charge in [0.2, 0.25) is 5.91 Å². The number of carbonyl (C=O) groups excluding carboxylic acids is 1. The summed E-state index contributed by atoms with van der Waals surface area (Å²) >= 11 is 0. The highest BCUT2D eigenvalue weighted by atomic mass is 19.3. The average Bonchev–Trinajstić information content (AvgIpc) is 2.57. The molecule has 0 spiro atoms. The van der Waals surface area contributed by atoms with Gasteiger partial charge < -0.3 is 14.8 Å². The van der Waals surface area contributed by atoms with E-state index in [1.807, 2.05) is 0 Å². The lowest BCUT2D eigenvalue weighted by atomic mass is 10.1. The number of rotatable bonds is 9. The fraction of sp³-hybridized carbons (Fsp3) is 0.278. The number of amides is 1. The molecule has 1 amide bonds. The van der Waals surface area contributed by atoms with Crippen LogP contribution in [-0.4, -0.2) is 25.7 Å². The standard InChI is InChI=1S/C18H17F4NO3/c19-17(20)25-14-5-1-12(2-6-14)9-10-23-16(24)11-13-3-7-15(8-4-13)26-18(21)22/h1-8,17-18H,9-11H2,(H,23,24). The van der Waals surface area contributed by atoms with Gasteiger partial charge in [0.15, 0.2) is 0 Å². The Balaban J connectivity index is 1.73. The predicted octanol–water partition coefficient (Wildman–Crippen LogP) is 3.79. The first kappa shape index (κ1) is 19.6. The summed E-state index contributed by atoms with van der Waals surface area (Å²) in [5, 5.41) is 2.73. The highest BCUT2D eigenvalue weighted by Gasteiger charge is 2.07. The first-order chi connectivity index (χ1) is 12.4. The molecule has 0 aliphatic carbocycles. The lowest BCUT2D eigenvalue weighted by Gasteiger charge is -2.08. The van der Waals surface area contributed by atoms with Gasteiger partial charge >= 0.3 is 13.2 Å². The van der Waals surface area contributed by atoms with Crippen molar-refractivity contribution in [2.45, 2.75) is 26.1 Å². The Morgan fingerprint density at radius 3 is 1.73 bits per heavy atom. The number of carbonyl (C=O) groups is 1. The van der Waals surface area contributed by atoms with Gasteiger partial charge in [0.25, 0.3) is 0 Å². The second-order valence-electron chi connectivity index (χ2n) is 5.32. The molecule has 0 bridgehead atoms. The largest absolute Gasteiger partial charge is 0.435 e. The highest BCUT2D eigenvalue weighted by molar-refractivity contribution is 5.78. The molecule has 4 nitrogen and oxygen atoms in total. The zero-order valence-electron chi connectivity index (χ0n) is 13.6. The third kappa shape index (κ3) is 7.00. The Morgan fingerprint density at radius 1 is 0.808 bits per heavy atom. The molecule has 0 radical (unpaired) electrons. The van der Waals surface area contributed by atoms with Crippen molar-refractivity contribution in [3.05, 3.63) is 59.7 Å². The Labute approximate surface area is 147 Å². The van der Waals surface area contributed by atoms with E-state index in [0.717, 1.165) is 5.56 Å². The summed E-state index contributed by atoms with van der Waals surface area (Å²) < 4.78 is 56.7. The third-order valence-corrected chi connectivity index (χ3v) is 3.40. The summed E-state index contributed by atoms with van der Waals surface area (Å²) in [6.07, 6.45) is 0.637. The first-order valence-electron chi connectivity index (χ1n) is 7.76. The van der Waals surface area contributed by atoms with Crippen molar-refractivity contribution in [2.24, 2.45) is 0 Å². The number of benzene rings is 2. The molecule has 0 saturated heterocycles. The highest BCUT2D eigenvalue weighted by Crippen LogP contribution is 2.16. The van der Waals surface area contributed by atoms with Crippen LogP contribution in [0.2, 0.25) is 0 Å². The lowest BCUT2D eigenvalue weighted by Crippen LogP contribution is -2.27. The molecule has 2 aromatic carbocycles. The second-order valence-corrected chi connectivity index (χ2v) is 5.32. The quantitative estimate of drug-likeness (QED) is 0.683. The molecule has 2 rings (SSSR count). The van der Waals surface area contributed by atoms with Gasteiger partial charge in [-0.05, 0) is 41.8 Å². The summed E-state index contributed by atoms with van der Waals surface area (Å²) in [6, 6.07) is 12.0. The second kappa shape index (κ2) is 9.65. The minimum Gasteiger partial charge on any atom is -0.435 e. The van der Waals surface area contributed by atoms with Crippen LogP contribution < -0.4 is 14.8 Å². The van der Waals surface area contributed by atoms with Gasteiger partial charge in [0, 0.05) is 6.54 Å². The molecule has 0 fully saturated rings. The third-order valence-electron chi connectivity index (χ3n) is 3.40. The maximum Gasteiger partial charge on any atom is 0.387 e. The molecule has 0 aliphatic heterocycles. The molecule has 1 N–H and O–H groups in total. The minimum atomic E-state index is -2.89. The van der Waals surface area contributed by atoms with Gasteiger partial charge in [0.05, 0.1) is 6.42 Å². The van der Waals surface area contributed by atoms with Crippen LogP contribution in [0, 0.1) is 0 Å². The normalized spacial score (nSPS) is 10.8. The first-order valence-corrected chi connectivity index (χ1v) is 7.76. The number of nitrogens with one attached hydrogen (secondary N) is 1. The van der Waals surface area contributed by atoms with Crippen LogP contribution >= 0.6 is 0 Å². The summed E-state index contributed by atoms with van der Waals surface area (Å²) in [4.78, 5) is 11.9. The van der Waals surface area contributed by atoms with Crippen LogP contribution in [0.5, 0.6) is 11.5 Å². The Morgan fingerprint density at radius 2 is 1.27 bits per heavy atom. The summed E-state index contributed by atoms with van der Waals surface area (Å²) in [6.45, 7) is -5.38. The molecule has 2 aromatic rings. The molecular formula is C18H17F4NO3. The van der Waals surface area contributed by atoms with Crippen molar-refractivity contribution in [2.75, 3.05) is 6.54 Å². The van der Waals surface area contributed by atoms with Crippen molar-refractivity contribution >= 4 is 5.91 Å². The number of ether oxygens (including phenoxy) is 2. The van der Waals surface area contributed by atoms with Crippen molar-refractivity contribution < 1.29 is 31.8 Å². The van der Waals surface area contributed by atoms with Crippen LogP contribution in [0.4, 0.5) is 17.6 Å². The van der Waals surface area contributed by atoms with Crippen LogP contribution in [0.3, 0.4) is 0 Å². The molecule has 0 aliphatic rings. The molecule has 0 atom stereocenters. The smallest absolute Gasteiger partial charge is 0.387 e. The fourth-order valence-corrected chi connectivity index (χ4v) is 2.22. The number of hydrogen-bond donors (Lipinski definition) is 1. The molecule has 8 heteroatoms. The Bertz CT molecular complexity index is 691. The van der Waals surface area contributed by atoms with Crippen molar-refractivity contribution in [1.29, 1.82) is 0 Å². The molecule has 0 saturated carbocycles. The van der Waals surface area contributed by atoms with E-state index in [4.69, 9.17) is 0 Å². The van der Waals surface area contributed by atoms with Gasteiger partial charge in [0.1, 0.15) is 11.5 Å². The van der Waals surface area contributed by atoms with E-state index in [1.165, 1.54) is 24.3 Å². The number of halogens is 4. The molecule has 0 aromatic heterocycles. The van der Waals surface area contributed by atoms with Crippen molar-refractivity contribution in [1.82, 2.24) is 5.32 Å². The van der Waals surface area contributed by atoms with E-state index in [2.05, 4.69) is 14.8 Å². The van der Waals surface area contributed by atoms with E-state index in [1.54, 1.807) is 24.3 Å². The van der Waals surface area contributed by atoms with Crippen LogP contribution in [-0.2, 0) is 17.6 Å². The number of hydrogen-bond acceptors (Lipinski definition) is 3. The maximum atomic E-state index is 12.1. The zero-order chi connectivity index (χ0) is 18.9. The lowest BCUT2D eigenvalue weighted by molar-refractivity contribution is -0.120. The molecule has 140 valence electrons. The van der Waals surface area contributed by atoms with E-state index >= 15 is 0 Å². The molecule has 26 heavy (non-hydrogen) atoms. The van der Waals surface area contributed by atoms with Crippen molar-refractivity contribution in [3.8, 4) is 11.5 Å². The SMILES string of the molecule is O=C(Cc1ccc(OC(F)F)cc1)NCCc1ccc(OC(F)F)cc1. The molecule has 0 unspecified atom stereocenters. The minimum absolute atomic E-state index is 0.0310. The topological polar surface area (TPSA) is 47.6 Å². The van der Waals surface area contributed by atoms with Gasteiger partial charge in [-0.3, -0.25) is 4.79 Å². The zero-order valence-corrected chi connectivity index (χ0v) is 13.6. The van der Waals surface area contributed by atoms with Gasteiger partial charge in [-0.1, -0.05) is 24.3 Å². The van der Waals surface area contributed by atoms with E-state index in [-0.39, 0.29) is 23.8 Å². The maximum absolute atomic E-state index is 12.1. The predicted molar refractivity (Wildman–Crippen MR) is 86.6 cm³/mol. The summed E-state index contributed by atoms with van der Waals surface area (Å²) in [7, 11) is 0. The fourth-order valence-electron chi connectivity index (χ4n) is 2.22. The monoisotopic (exact) mass is 371 g/mol. The van der Waals surface area contributed by atoms with Gasteiger partial charge in [-0.25, -0.2) is 0 Å². The average molecular weight is 371 g/mol. The number of alkyl halides is 4. The van der Waals surface area contributed by atoms with Crippen LogP contribution in [0.25, 0.3) is 0 Å². The van der Waals surface area contributed by atoms with E-state index in [9.17, 15) is 22.4 Å². The summed E-state index contributed by atoms with van der Waals surface area (Å²) in [5.41, 5.74) is 1.53. The van der Waals surface area contributed by atoms with E-state index in [0.29, 0.717) is 18.5 Å². The molecule has 0 heterocycles. The van der Waals surface area contributed by atoms with Gasteiger partial charge in [-0.15, -0.1) is 0 Å². The van der Waals surface area contributed by atoms with Gasteiger partial charge in [-0.2, -0.15) is 17.6 Å². The van der Waals surface area contributed by atoms with E-state index < -0.39 is 13.2 Å². The van der Waals surface area contributed by atoms with Crippen LogP contribution in [0.15, 0.2) is 48.5 Å². The molecular weight excluding hydrogens is 354 g/mol.